The lowest BCUT2D eigenvalue weighted by atomic mass is 9.96. The number of aryl methyl sites for hydroxylation is 1. The summed E-state index contributed by atoms with van der Waals surface area (Å²) in [5.41, 5.74) is -0.390. The molecule has 1 rings (SSSR count). The lowest BCUT2D eigenvalue weighted by Crippen LogP contribution is -2.16. The van der Waals surface area contributed by atoms with Gasteiger partial charge in [-0.3, -0.25) is 0 Å². The maximum Gasteiger partial charge on any atom is 0.137 e. The molecule has 0 aliphatic heterocycles. The van der Waals surface area contributed by atoms with Gasteiger partial charge < -0.3 is 0 Å². The molecule has 0 radical (unpaired) electrons. The van der Waals surface area contributed by atoms with Crippen LogP contribution in [0.25, 0.3) is 0 Å². The number of aromatic nitrogens is 3. The van der Waals surface area contributed by atoms with E-state index in [4.69, 9.17) is 5.48 Å². The first kappa shape index (κ1) is 4.14. The van der Waals surface area contributed by atoms with Gasteiger partial charge >= 0.3 is 0 Å². The van der Waals surface area contributed by atoms with Crippen LogP contribution in [0.2, 0.25) is 0 Å². The summed E-state index contributed by atoms with van der Waals surface area (Å²) in [4.78, 5) is 11.2. The third-order valence-corrected chi connectivity index (χ3v) is 1.19. The first-order valence-corrected chi connectivity index (χ1v) is 3.34. The van der Waals surface area contributed by atoms with Gasteiger partial charge in [0.05, 0.1) is 0 Å². The molecule has 0 amide bonds. The average Bonchev–Trinajstić information content (AvgIpc) is 1.99. The fourth-order valence-corrected chi connectivity index (χ4v) is 0.605. The Morgan fingerprint density at radius 3 is 2.73 bits per heavy atom. The number of hydrogen-bond donors (Lipinski definition) is 0. The molecule has 60 valence electrons. The van der Waals surface area contributed by atoms with Crippen molar-refractivity contribution in [2.45, 2.75) is 33.0 Å². The zero-order valence-corrected chi connectivity index (χ0v) is 6.84. The third kappa shape index (κ3) is 1.97. The molecule has 0 spiro atoms. The maximum absolute atomic E-state index is 7.32. The summed E-state index contributed by atoms with van der Waals surface area (Å²) >= 11 is 0. The fraction of sp³-hybridized carbons (Fsp3) is 0.625. The zero-order valence-electron chi connectivity index (χ0n) is 10.8. The Morgan fingerprint density at radius 1 is 1.45 bits per heavy atom. The van der Waals surface area contributed by atoms with E-state index >= 15 is 0 Å². The van der Waals surface area contributed by atoms with Crippen molar-refractivity contribution in [3.8, 4) is 0 Å². The van der Waals surface area contributed by atoms with Gasteiger partial charge in [-0.15, -0.1) is 0 Å². The van der Waals surface area contributed by atoms with Gasteiger partial charge in [0.1, 0.15) is 19.3 Å². The van der Waals surface area contributed by atoms with Crippen molar-refractivity contribution in [1.29, 1.82) is 0 Å². The van der Waals surface area contributed by atoms with E-state index in [2.05, 4.69) is 15.0 Å². The molecular weight excluding hydrogens is 138 g/mol. The normalized spacial score (nSPS) is 18.1. The van der Waals surface area contributed by atoms with Crippen LogP contribution in [0.5, 0.6) is 0 Å². The molecule has 0 aliphatic rings. The van der Waals surface area contributed by atoms with E-state index in [1.807, 2.05) is 20.8 Å². The second-order valence-electron chi connectivity index (χ2n) is 3.33. The molecule has 11 heavy (non-hydrogen) atoms. The molecule has 0 unspecified atom stereocenters. The molecular formula is C8H13N3. The zero-order chi connectivity index (χ0) is 11.9. The minimum Gasteiger partial charge on any atom is -0.222 e. The van der Waals surface area contributed by atoms with Gasteiger partial charge in [-0.1, -0.05) is 20.8 Å². The summed E-state index contributed by atoms with van der Waals surface area (Å²) < 4.78 is 28.8. The van der Waals surface area contributed by atoms with Gasteiger partial charge in [-0.25, -0.2) is 15.0 Å². The van der Waals surface area contributed by atoms with Crippen LogP contribution in [0.4, 0.5) is 0 Å². The molecule has 3 heteroatoms. The van der Waals surface area contributed by atoms with E-state index in [0.29, 0.717) is 5.82 Å². The molecule has 0 aromatic carbocycles. The van der Waals surface area contributed by atoms with Gasteiger partial charge in [0, 0.05) is 9.53 Å². The topological polar surface area (TPSA) is 38.7 Å². The molecule has 0 bridgehead atoms. The van der Waals surface area contributed by atoms with Crippen LogP contribution in [-0.2, 0) is 5.41 Å². The van der Waals surface area contributed by atoms with Gasteiger partial charge in [-0.05, 0) is 6.85 Å². The predicted octanol–water partition coefficient (Wildman–Crippen LogP) is 1.48. The monoisotopic (exact) mass is 155 g/mol. The fourth-order valence-electron chi connectivity index (χ4n) is 0.605. The first-order chi connectivity index (χ1) is 6.60. The minimum atomic E-state index is -2.39. The Morgan fingerprint density at radius 2 is 2.18 bits per heavy atom. The first-order valence-electron chi connectivity index (χ1n) is 5.34. The number of rotatable bonds is 0. The van der Waals surface area contributed by atoms with Gasteiger partial charge in [-0.2, -0.15) is 0 Å². The predicted molar refractivity (Wildman–Crippen MR) is 43.3 cm³/mol. The summed E-state index contributed by atoms with van der Waals surface area (Å²) in [6, 6.07) is 0. The summed E-state index contributed by atoms with van der Waals surface area (Å²) in [5, 5.41) is 0. The SMILES string of the molecule is [2H]c1nc(C([2H])([2H])[2H])nc(C(C)(C)C)n1. The summed E-state index contributed by atoms with van der Waals surface area (Å²) in [5.74, 6) is 0.0149. The van der Waals surface area contributed by atoms with Crippen molar-refractivity contribution in [3.63, 3.8) is 0 Å². The molecule has 0 atom stereocenters. The Bertz CT molecular complexity index is 335. The highest BCUT2D eigenvalue weighted by molar-refractivity contribution is 5.00. The largest absolute Gasteiger partial charge is 0.222 e. The van der Waals surface area contributed by atoms with Gasteiger partial charge in [0.15, 0.2) is 0 Å². The molecule has 1 aromatic rings. The summed E-state index contributed by atoms with van der Waals surface area (Å²) in [6.45, 7) is 3.17. The number of hydrogen-bond acceptors (Lipinski definition) is 3. The van der Waals surface area contributed by atoms with E-state index in [1.54, 1.807) is 0 Å². The van der Waals surface area contributed by atoms with Gasteiger partial charge in [0.25, 0.3) is 0 Å². The van der Waals surface area contributed by atoms with Crippen LogP contribution in [0.15, 0.2) is 6.30 Å². The van der Waals surface area contributed by atoms with Crippen LogP contribution in [-0.4, -0.2) is 15.0 Å². The number of nitrogens with zero attached hydrogens (tertiary/aromatic N) is 3. The Balaban J connectivity index is 3.30. The van der Waals surface area contributed by atoms with Crippen LogP contribution in [0, 0.1) is 6.85 Å². The van der Waals surface area contributed by atoms with Crippen LogP contribution in [0.1, 0.15) is 37.9 Å². The van der Waals surface area contributed by atoms with Crippen LogP contribution < -0.4 is 0 Å². The average molecular weight is 155 g/mol. The van der Waals surface area contributed by atoms with Crippen molar-refractivity contribution in [2.75, 3.05) is 0 Å². The molecule has 3 nitrogen and oxygen atoms in total. The van der Waals surface area contributed by atoms with Crippen molar-refractivity contribution >= 4 is 0 Å². The van der Waals surface area contributed by atoms with Crippen molar-refractivity contribution in [2.24, 2.45) is 0 Å². The lowest BCUT2D eigenvalue weighted by Gasteiger charge is -2.15. The summed E-state index contributed by atoms with van der Waals surface area (Å²) in [7, 11) is 0. The maximum atomic E-state index is 7.32. The molecule has 1 aromatic heterocycles. The van der Waals surface area contributed by atoms with E-state index in [-0.39, 0.29) is 12.1 Å². The van der Waals surface area contributed by atoms with E-state index < -0.39 is 12.3 Å². The van der Waals surface area contributed by atoms with Crippen molar-refractivity contribution < 1.29 is 5.48 Å². The second kappa shape index (κ2) is 2.57. The Labute approximate surface area is 72.5 Å². The summed E-state index contributed by atoms with van der Waals surface area (Å²) in [6.07, 6.45) is -0.305. The van der Waals surface area contributed by atoms with Gasteiger partial charge in [0.2, 0.25) is 0 Å². The Hall–Kier alpha value is -0.990. The standard InChI is InChI=1S/C8H13N3/c1-6-9-5-10-7(11-6)8(2,3)4/h5H,1-4H3/i1D3,5D. The van der Waals surface area contributed by atoms with Crippen LogP contribution in [0.3, 0.4) is 0 Å². The minimum absolute atomic E-state index is 0.305. The Kier molecular flexibility index (Phi) is 0.966. The molecule has 0 fully saturated rings. The molecule has 0 saturated heterocycles. The quantitative estimate of drug-likeness (QED) is 0.569. The van der Waals surface area contributed by atoms with E-state index in [0.717, 1.165) is 0 Å². The molecule has 0 N–H and O–H groups in total. The third-order valence-electron chi connectivity index (χ3n) is 1.19. The van der Waals surface area contributed by atoms with E-state index in [1.165, 1.54) is 0 Å². The highest BCUT2D eigenvalue weighted by Crippen LogP contribution is 2.16. The van der Waals surface area contributed by atoms with Crippen LogP contribution >= 0.6 is 0 Å². The molecule has 0 aliphatic carbocycles. The molecule has 1 heterocycles. The second-order valence-corrected chi connectivity index (χ2v) is 3.33. The smallest absolute Gasteiger partial charge is 0.137 e. The lowest BCUT2D eigenvalue weighted by molar-refractivity contribution is 0.538. The highest BCUT2D eigenvalue weighted by Gasteiger charge is 2.16. The highest BCUT2D eigenvalue weighted by atomic mass is 15.0. The van der Waals surface area contributed by atoms with Crippen molar-refractivity contribution in [1.82, 2.24) is 15.0 Å². The molecule has 0 saturated carbocycles. The van der Waals surface area contributed by atoms with Crippen molar-refractivity contribution in [3.05, 3.63) is 18.0 Å². The van der Waals surface area contributed by atoms with E-state index in [9.17, 15) is 0 Å².